The fourth-order valence-electron chi connectivity index (χ4n) is 2.39. The van der Waals surface area contributed by atoms with Crippen molar-refractivity contribution in [1.82, 2.24) is 0 Å². The Hall–Kier alpha value is -1.18. The number of nitrogens with two attached hydrogens (primary N) is 1. The Kier molecular flexibility index (Phi) is 1.42. The van der Waals surface area contributed by atoms with Gasteiger partial charge in [0.1, 0.15) is 0 Å². The molecule has 0 atom stereocenters. The minimum absolute atomic E-state index is 0.719. The van der Waals surface area contributed by atoms with Gasteiger partial charge in [-0.1, -0.05) is 6.07 Å². The van der Waals surface area contributed by atoms with Crippen molar-refractivity contribution in [2.24, 2.45) is 5.41 Å². The molecule has 2 fully saturated rings. The van der Waals surface area contributed by atoms with Crippen LogP contribution in [-0.2, 0) is 0 Å². The first kappa shape index (κ1) is 8.16. The largest absolute Gasteiger partial charge is 0.399 e. The van der Waals surface area contributed by atoms with Crippen LogP contribution in [0, 0.1) is 12.3 Å². The number of nitrogens with zero attached hydrogens (tertiary/aromatic N) is 1. The van der Waals surface area contributed by atoms with Crippen LogP contribution in [0.1, 0.15) is 18.4 Å². The van der Waals surface area contributed by atoms with Crippen LogP contribution in [0.2, 0.25) is 0 Å². The first-order chi connectivity index (χ1) is 6.69. The summed E-state index contributed by atoms with van der Waals surface area (Å²) in [6, 6.07) is 6.19. The number of aryl methyl sites for hydroxylation is 1. The zero-order chi connectivity index (χ0) is 9.76. The molecule has 14 heavy (non-hydrogen) atoms. The van der Waals surface area contributed by atoms with E-state index in [4.69, 9.17) is 5.73 Å². The lowest BCUT2D eigenvalue weighted by atomic mass is 9.95. The summed E-state index contributed by atoms with van der Waals surface area (Å²) < 4.78 is 0. The van der Waals surface area contributed by atoms with Gasteiger partial charge in [0, 0.05) is 29.9 Å². The average molecular weight is 188 g/mol. The summed E-state index contributed by atoms with van der Waals surface area (Å²) in [5.74, 6) is 0. The van der Waals surface area contributed by atoms with Gasteiger partial charge in [-0.2, -0.15) is 0 Å². The van der Waals surface area contributed by atoms with Gasteiger partial charge in [-0.15, -0.1) is 0 Å². The molecule has 1 aliphatic heterocycles. The maximum Gasteiger partial charge on any atom is 0.0416 e. The Labute approximate surface area is 84.7 Å². The van der Waals surface area contributed by atoms with Crippen LogP contribution >= 0.6 is 0 Å². The molecule has 2 aliphatic rings. The quantitative estimate of drug-likeness (QED) is 0.684. The third kappa shape index (κ3) is 1.10. The number of hydrogen-bond acceptors (Lipinski definition) is 2. The van der Waals surface area contributed by atoms with Gasteiger partial charge < -0.3 is 10.6 Å². The highest BCUT2D eigenvalue weighted by molar-refractivity contribution is 5.62. The van der Waals surface area contributed by atoms with Crippen LogP contribution < -0.4 is 10.6 Å². The molecule has 1 aromatic carbocycles. The summed E-state index contributed by atoms with van der Waals surface area (Å²) in [5, 5.41) is 0. The van der Waals surface area contributed by atoms with Crippen molar-refractivity contribution in [2.75, 3.05) is 23.7 Å². The molecule has 0 amide bonds. The van der Waals surface area contributed by atoms with E-state index in [0.717, 1.165) is 11.1 Å². The Bertz CT molecular complexity index is 372. The van der Waals surface area contributed by atoms with Crippen molar-refractivity contribution in [2.45, 2.75) is 19.8 Å². The zero-order valence-electron chi connectivity index (χ0n) is 8.59. The molecule has 1 saturated heterocycles. The van der Waals surface area contributed by atoms with E-state index < -0.39 is 0 Å². The minimum Gasteiger partial charge on any atom is -0.399 e. The standard InChI is InChI=1S/C12H16N2/c1-9-2-3-10(13)6-11(9)14-7-12(8-14)4-5-12/h2-3,6H,4-5,7-8,13H2,1H3. The molecule has 1 aromatic rings. The van der Waals surface area contributed by atoms with Crippen molar-refractivity contribution in [1.29, 1.82) is 0 Å². The van der Waals surface area contributed by atoms with Crippen LogP contribution in [0.3, 0.4) is 0 Å². The molecular weight excluding hydrogens is 172 g/mol. The third-order valence-corrected chi connectivity index (χ3v) is 3.58. The van der Waals surface area contributed by atoms with Gasteiger partial charge in [-0.3, -0.25) is 0 Å². The zero-order valence-corrected chi connectivity index (χ0v) is 8.59. The van der Waals surface area contributed by atoms with Gasteiger partial charge in [0.2, 0.25) is 0 Å². The summed E-state index contributed by atoms with van der Waals surface area (Å²) in [7, 11) is 0. The van der Waals surface area contributed by atoms with Crippen LogP contribution in [0.4, 0.5) is 11.4 Å². The molecule has 1 aliphatic carbocycles. The first-order valence-corrected chi connectivity index (χ1v) is 5.30. The Morgan fingerprint density at radius 1 is 1.29 bits per heavy atom. The molecular formula is C12H16N2. The van der Waals surface area contributed by atoms with Crippen LogP contribution in [0.15, 0.2) is 18.2 Å². The van der Waals surface area contributed by atoms with E-state index in [1.807, 2.05) is 6.07 Å². The smallest absolute Gasteiger partial charge is 0.0416 e. The van der Waals surface area contributed by atoms with Gasteiger partial charge in [-0.25, -0.2) is 0 Å². The summed E-state index contributed by atoms with van der Waals surface area (Å²) in [6.45, 7) is 4.65. The lowest BCUT2D eigenvalue weighted by Crippen LogP contribution is -2.48. The fraction of sp³-hybridized carbons (Fsp3) is 0.500. The van der Waals surface area contributed by atoms with Gasteiger partial charge >= 0.3 is 0 Å². The van der Waals surface area contributed by atoms with Gasteiger partial charge in [0.25, 0.3) is 0 Å². The molecule has 74 valence electrons. The molecule has 1 heterocycles. The van der Waals surface area contributed by atoms with Gasteiger partial charge in [0.05, 0.1) is 0 Å². The molecule has 1 spiro atoms. The molecule has 0 unspecified atom stereocenters. The van der Waals surface area contributed by atoms with E-state index in [2.05, 4.69) is 24.0 Å². The number of rotatable bonds is 1. The second-order valence-corrected chi connectivity index (χ2v) is 4.90. The van der Waals surface area contributed by atoms with Crippen molar-refractivity contribution in [3.63, 3.8) is 0 Å². The first-order valence-electron chi connectivity index (χ1n) is 5.30. The Balaban J connectivity index is 1.85. The topological polar surface area (TPSA) is 29.3 Å². The Morgan fingerprint density at radius 2 is 2.00 bits per heavy atom. The van der Waals surface area contributed by atoms with Crippen molar-refractivity contribution < 1.29 is 0 Å². The predicted molar refractivity (Wildman–Crippen MR) is 59.5 cm³/mol. The van der Waals surface area contributed by atoms with E-state index in [9.17, 15) is 0 Å². The lowest BCUT2D eigenvalue weighted by Gasteiger charge is -2.42. The fourth-order valence-corrected chi connectivity index (χ4v) is 2.39. The predicted octanol–water partition coefficient (Wildman–Crippen LogP) is 2.18. The van der Waals surface area contributed by atoms with Gasteiger partial charge in [0.15, 0.2) is 0 Å². The molecule has 1 saturated carbocycles. The van der Waals surface area contributed by atoms with Crippen molar-refractivity contribution in [3.8, 4) is 0 Å². The molecule has 0 aromatic heterocycles. The lowest BCUT2D eigenvalue weighted by molar-refractivity contribution is 0.387. The molecule has 0 bridgehead atoms. The highest BCUT2D eigenvalue weighted by Crippen LogP contribution is 2.54. The summed E-state index contributed by atoms with van der Waals surface area (Å²) in [6.07, 6.45) is 2.87. The highest BCUT2D eigenvalue weighted by atomic mass is 15.2. The molecule has 2 N–H and O–H groups in total. The summed E-state index contributed by atoms with van der Waals surface area (Å²) >= 11 is 0. The Morgan fingerprint density at radius 3 is 2.64 bits per heavy atom. The normalized spacial score (nSPS) is 22.2. The second-order valence-electron chi connectivity index (χ2n) is 4.90. The molecule has 0 radical (unpaired) electrons. The minimum atomic E-state index is 0.719. The van der Waals surface area contributed by atoms with E-state index in [0.29, 0.717) is 0 Å². The number of anilines is 2. The highest BCUT2D eigenvalue weighted by Gasteiger charge is 2.52. The van der Waals surface area contributed by atoms with E-state index in [1.165, 1.54) is 37.2 Å². The number of benzene rings is 1. The molecule has 2 nitrogen and oxygen atoms in total. The van der Waals surface area contributed by atoms with Crippen LogP contribution in [0.25, 0.3) is 0 Å². The monoisotopic (exact) mass is 188 g/mol. The molecule has 2 heteroatoms. The summed E-state index contributed by atoms with van der Waals surface area (Å²) in [4.78, 5) is 2.46. The summed E-state index contributed by atoms with van der Waals surface area (Å²) in [5.41, 5.74) is 10.1. The van der Waals surface area contributed by atoms with E-state index >= 15 is 0 Å². The van der Waals surface area contributed by atoms with E-state index in [1.54, 1.807) is 0 Å². The molecule has 3 rings (SSSR count). The second kappa shape index (κ2) is 2.44. The third-order valence-electron chi connectivity index (χ3n) is 3.58. The maximum absolute atomic E-state index is 5.80. The maximum atomic E-state index is 5.80. The van der Waals surface area contributed by atoms with Crippen LogP contribution in [-0.4, -0.2) is 13.1 Å². The average Bonchev–Trinajstić information content (AvgIpc) is 2.86. The van der Waals surface area contributed by atoms with Gasteiger partial charge in [-0.05, 0) is 37.5 Å². The van der Waals surface area contributed by atoms with Crippen molar-refractivity contribution in [3.05, 3.63) is 23.8 Å². The van der Waals surface area contributed by atoms with Crippen LogP contribution in [0.5, 0.6) is 0 Å². The number of nitrogen functional groups attached to an aromatic ring is 1. The van der Waals surface area contributed by atoms with Crippen molar-refractivity contribution >= 4 is 11.4 Å². The number of hydrogen-bond donors (Lipinski definition) is 1. The van der Waals surface area contributed by atoms with E-state index in [-0.39, 0.29) is 0 Å². The SMILES string of the molecule is Cc1ccc(N)cc1N1CC2(CC2)C1.